The van der Waals surface area contributed by atoms with E-state index in [2.05, 4.69) is 15.9 Å². The highest BCUT2D eigenvalue weighted by Gasteiger charge is 2.18. The van der Waals surface area contributed by atoms with Crippen LogP contribution in [-0.2, 0) is 9.63 Å². The van der Waals surface area contributed by atoms with Crippen LogP contribution in [0.25, 0.3) is 0 Å². The molecule has 0 aliphatic rings. The Morgan fingerprint density at radius 1 is 1.15 bits per heavy atom. The molecule has 0 aliphatic heterocycles. The fourth-order valence-electron chi connectivity index (χ4n) is 1.61. The maximum atomic E-state index is 12.3. The van der Waals surface area contributed by atoms with Gasteiger partial charge in [-0.2, -0.15) is 5.06 Å². The number of hydrogen-bond acceptors (Lipinski definition) is 4. The van der Waals surface area contributed by atoms with Crippen LogP contribution in [0.1, 0.15) is 23.7 Å². The average Bonchev–Trinajstić information content (AvgIpc) is 2.37. The third-order valence-electron chi connectivity index (χ3n) is 2.52. The Morgan fingerprint density at radius 3 is 2.25 bits per heavy atom. The molecular formula is C14H19BrN2O3. The Morgan fingerprint density at radius 2 is 1.75 bits per heavy atom. The third-order valence-corrected chi connectivity index (χ3v) is 3.05. The SMILES string of the molecule is CC(=O)ON(CCCN(C)C)C(=O)c1ccc(Br)cc1. The van der Waals surface area contributed by atoms with Gasteiger partial charge in [0.25, 0.3) is 5.91 Å². The summed E-state index contributed by atoms with van der Waals surface area (Å²) in [6, 6.07) is 6.93. The standard InChI is InChI=1S/C14H19BrN2O3/c1-11(18)20-17(10-4-9-16(2)3)14(19)12-5-7-13(15)8-6-12/h5-8H,4,9-10H2,1-3H3. The molecule has 0 radical (unpaired) electrons. The highest BCUT2D eigenvalue weighted by atomic mass is 79.9. The van der Waals surface area contributed by atoms with Gasteiger partial charge in [0, 0.05) is 17.0 Å². The fraction of sp³-hybridized carbons (Fsp3) is 0.429. The van der Waals surface area contributed by atoms with Crippen molar-refractivity contribution < 1.29 is 14.4 Å². The summed E-state index contributed by atoms with van der Waals surface area (Å²) in [5.74, 6) is -0.813. The van der Waals surface area contributed by atoms with E-state index in [9.17, 15) is 9.59 Å². The largest absolute Gasteiger partial charge is 0.338 e. The zero-order valence-electron chi connectivity index (χ0n) is 11.9. The van der Waals surface area contributed by atoms with Gasteiger partial charge in [-0.1, -0.05) is 15.9 Å². The van der Waals surface area contributed by atoms with Crippen LogP contribution in [0.15, 0.2) is 28.7 Å². The Labute approximate surface area is 127 Å². The van der Waals surface area contributed by atoms with E-state index in [4.69, 9.17) is 4.84 Å². The lowest BCUT2D eigenvalue weighted by molar-refractivity contribution is -0.175. The van der Waals surface area contributed by atoms with Crippen molar-refractivity contribution in [2.45, 2.75) is 13.3 Å². The van der Waals surface area contributed by atoms with Gasteiger partial charge in [0.2, 0.25) is 0 Å². The molecule has 110 valence electrons. The lowest BCUT2D eigenvalue weighted by Gasteiger charge is -2.21. The molecule has 0 fully saturated rings. The van der Waals surface area contributed by atoms with Gasteiger partial charge in [0.15, 0.2) is 0 Å². The van der Waals surface area contributed by atoms with E-state index < -0.39 is 5.97 Å². The van der Waals surface area contributed by atoms with Gasteiger partial charge in [-0.05, 0) is 51.3 Å². The van der Waals surface area contributed by atoms with Gasteiger partial charge >= 0.3 is 5.97 Å². The van der Waals surface area contributed by atoms with Crippen molar-refractivity contribution in [1.82, 2.24) is 9.96 Å². The summed E-state index contributed by atoms with van der Waals surface area (Å²) in [4.78, 5) is 30.4. The zero-order valence-corrected chi connectivity index (χ0v) is 13.5. The molecule has 1 aromatic carbocycles. The smallest absolute Gasteiger partial charge is 0.329 e. The fourth-order valence-corrected chi connectivity index (χ4v) is 1.88. The second kappa shape index (κ2) is 8.01. The highest BCUT2D eigenvalue weighted by molar-refractivity contribution is 9.10. The Hall–Kier alpha value is -1.40. The monoisotopic (exact) mass is 342 g/mol. The maximum Gasteiger partial charge on any atom is 0.329 e. The van der Waals surface area contributed by atoms with Crippen molar-refractivity contribution in [2.24, 2.45) is 0 Å². The molecule has 0 aliphatic carbocycles. The molecular weight excluding hydrogens is 324 g/mol. The summed E-state index contributed by atoms with van der Waals surface area (Å²) in [6.45, 7) is 2.46. The van der Waals surface area contributed by atoms with Gasteiger partial charge in [0.05, 0.1) is 6.54 Å². The van der Waals surface area contributed by atoms with E-state index in [1.165, 1.54) is 6.92 Å². The first kappa shape index (κ1) is 16.7. The minimum atomic E-state index is -0.500. The zero-order chi connectivity index (χ0) is 15.1. The van der Waals surface area contributed by atoms with E-state index >= 15 is 0 Å². The van der Waals surface area contributed by atoms with E-state index in [0.29, 0.717) is 12.1 Å². The van der Waals surface area contributed by atoms with Gasteiger partial charge in [-0.25, -0.2) is 0 Å². The van der Waals surface area contributed by atoms with Crippen molar-refractivity contribution in [3.63, 3.8) is 0 Å². The molecule has 1 aromatic rings. The first-order chi connectivity index (χ1) is 9.40. The number of halogens is 1. The summed E-state index contributed by atoms with van der Waals surface area (Å²) >= 11 is 3.31. The molecule has 0 saturated heterocycles. The summed E-state index contributed by atoms with van der Waals surface area (Å²) in [7, 11) is 3.90. The quantitative estimate of drug-likeness (QED) is 0.770. The summed E-state index contributed by atoms with van der Waals surface area (Å²) in [5, 5.41) is 1.12. The molecule has 1 amide bonds. The van der Waals surface area contributed by atoms with E-state index in [-0.39, 0.29) is 5.91 Å². The van der Waals surface area contributed by atoms with Gasteiger partial charge < -0.3 is 9.74 Å². The van der Waals surface area contributed by atoms with Crippen LogP contribution in [0, 0.1) is 0 Å². The minimum absolute atomic E-state index is 0.313. The lowest BCUT2D eigenvalue weighted by atomic mass is 10.2. The van der Waals surface area contributed by atoms with Crippen LogP contribution >= 0.6 is 15.9 Å². The average molecular weight is 343 g/mol. The lowest BCUT2D eigenvalue weighted by Crippen LogP contribution is -2.35. The summed E-state index contributed by atoms with van der Waals surface area (Å²) in [6.07, 6.45) is 0.725. The van der Waals surface area contributed by atoms with Crippen LogP contribution in [0.3, 0.4) is 0 Å². The van der Waals surface area contributed by atoms with Crippen molar-refractivity contribution in [2.75, 3.05) is 27.2 Å². The van der Waals surface area contributed by atoms with Crippen molar-refractivity contribution >= 4 is 27.8 Å². The number of rotatable bonds is 5. The summed E-state index contributed by atoms with van der Waals surface area (Å²) in [5.41, 5.74) is 0.485. The normalized spacial score (nSPS) is 10.4. The number of carbonyl (C=O) groups is 2. The molecule has 20 heavy (non-hydrogen) atoms. The van der Waals surface area contributed by atoms with E-state index in [0.717, 1.165) is 22.5 Å². The first-order valence-electron chi connectivity index (χ1n) is 6.31. The molecule has 0 heterocycles. The van der Waals surface area contributed by atoms with Crippen LogP contribution in [0.4, 0.5) is 0 Å². The molecule has 5 nitrogen and oxygen atoms in total. The van der Waals surface area contributed by atoms with Crippen LogP contribution < -0.4 is 0 Å². The maximum absolute atomic E-state index is 12.3. The van der Waals surface area contributed by atoms with Crippen LogP contribution in [0.2, 0.25) is 0 Å². The number of hydrogen-bond donors (Lipinski definition) is 0. The third kappa shape index (κ3) is 5.71. The first-order valence-corrected chi connectivity index (χ1v) is 7.10. The Bertz CT molecular complexity index is 460. The molecule has 1 rings (SSSR count). The number of amides is 1. The molecule has 0 spiro atoms. The number of nitrogens with zero attached hydrogens (tertiary/aromatic N) is 2. The number of hydroxylamine groups is 2. The molecule has 0 bridgehead atoms. The van der Waals surface area contributed by atoms with Gasteiger partial charge in [-0.3, -0.25) is 9.59 Å². The molecule has 0 unspecified atom stereocenters. The van der Waals surface area contributed by atoms with E-state index in [1.807, 2.05) is 19.0 Å². The molecule has 0 saturated carbocycles. The Balaban J connectivity index is 2.73. The summed E-state index contributed by atoms with van der Waals surface area (Å²) < 4.78 is 0.890. The van der Waals surface area contributed by atoms with E-state index in [1.54, 1.807) is 24.3 Å². The molecule has 0 N–H and O–H groups in total. The predicted molar refractivity (Wildman–Crippen MR) is 80.1 cm³/mol. The predicted octanol–water partition coefficient (Wildman–Crippen LogP) is 2.32. The second-order valence-corrected chi connectivity index (χ2v) is 5.57. The Kier molecular flexibility index (Phi) is 6.67. The van der Waals surface area contributed by atoms with Crippen molar-refractivity contribution in [1.29, 1.82) is 0 Å². The topological polar surface area (TPSA) is 49.9 Å². The minimum Gasteiger partial charge on any atom is -0.338 e. The molecule has 6 heteroatoms. The second-order valence-electron chi connectivity index (χ2n) is 4.65. The van der Waals surface area contributed by atoms with Gasteiger partial charge in [-0.15, -0.1) is 0 Å². The molecule has 0 aromatic heterocycles. The van der Waals surface area contributed by atoms with Crippen molar-refractivity contribution in [3.05, 3.63) is 34.3 Å². The molecule has 0 atom stereocenters. The van der Waals surface area contributed by atoms with Crippen molar-refractivity contribution in [3.8, 4) is 0 Å². The number of carbonyl (C=O) groups excluding carboxylic acids is 2. The van der Waals surface area contributed by atoms with Crippen LogP contribution in [0.5, 0.6) is 0 Å². The highest BCUT2D eigenvalue weighted by Crippen LogP contribution is 2.13. The number of benzene rings is 1. The van der Waals surface area contributed by atoms with Gasteiger partial charge in [0.1, 0.15) is 0 Å². The van der Waals surface area contributed by atoms with Crippen LogP contribution in [-0.4, -0.2) is 49.0 Å².